The first-order chi connectivity index (χ1) is 20.0. The van der Waals surface area contributed by atoms with Gasteiger partial charge in [-0.1, -0.05) is 6.07 Å². The Labute approximate surface area is 239 Å². The number of carbonyl (C=O) groups excluding carboxylic acids is 1. The number of nitrogen functional groups attached to an aromatic ring is 1. The highest BCUT2D eigenvalue weighted by Crippen LogP contribution is 2.35. The zero-order chi connectivity index (χ0) is 30.2. The summed E-state index contributed by atoms with van der Waals surface area (Å²) in [5, 5.41) is 14.5. The van der Waals surface area contributed by atoms with Crippen LogP contribution < -0.4 is 16.2 Å². The van der Waals surface area contributed by atoms with Gasteiger partial charge in [-0.05, 0) is 57.0 Å². The number of benzene rings is 2. The van der Waals surface area contributed by atoms with E-state index in [0.717, 1.165) is 12.1 Å². The summed E-state index contributed by atoms with van der Waals surface area (Å²) in [6.07, 6.45) is 4.06. The second kappa shape index (κ2) is 11.1. The summed E-state index contributed by atoms with van der Waals surface area (Å²) in [5.41, 5.74) is 11.8. The quantitative estimate of drug-likeness (QED) is 0.242. The number of carbonyl (C=O) groups is 1. The van der Waals surface area contributed by atoms with Crippen LogP contribution in [0.1, 0.15) is 26.7 Å². The number of nitriles is 1. The average molecular weight is 577 g/mol. The van der Waals surface area contributed by atoms with Gasteiger partial charge in [0.25, 0.3) is 5.91 Å². The maximum atomic E-state index is 15.4. The van der Waals surface area contributed by atoms with Crippen molar-refractivity contribution in [3.63, 3.8) is 0 Å². The summed E-state index contributed by atoms with van der Waals surface area (Å²) >= 11 is 0. The fraction of sp³-hybridized carbons (Fsp3) is 0.276. The number of hydrogen-bond acceptors (Lipinski definition) is 8. The number of nitrogens with zero attached hydrogens (tertiary/aromatic N) is 6. The average Bonchev–Trinajstić information content (AvgIpc) is 3.55. The second-order valence-electron chi connectivity index (χ2n) is 10.6. The Bertz CT molecular complexity index is 1760. The molecule has 42 heavy (non-hydrogen) atoms. The SMILES string of the molecule is CC(C)(N)/C=C(\C#N)C(=O)N1CCC[C@@H]1Cn1nc(-c2ccc(Oc3cccc(F)c3F)cc2F)c2c(N)ncnc21. The molecule has 2 aromatic carbocycles. The van der Waals surface area contributed by atoms with Crippen molar-refractivity contribution in [1.82, 2.24) is 24.6 Å². The Morgan fingerprint density at radius 2 is 2.00 bits per heavy atom. The lowest BCUT2D eigenvalue weighted by Gasteiger charge is -2.25. The number of halogens is 3. The van der Waals surface area contributed by atoms with Crippen LogP contribution in [0.2, 0.25) is 0 Å². The number of nitrogens with two attached hydrogens (primary N) is 2. The highest BCUT2D eigenvalue weighted by molar-refractivity contribution is 5.99. The van der Waals surface area contributed by atoms with E-state index in [4.69, 9.17) is 16.2 Å². The number of hydrogen-bond donors (Lipinski definition) is 2. The molecule has 0 unspecified atom stereocenters. The standard InChI is InChI=1S/C29H27F3N8O2/c1-29(2,35)12-16(13-33)28(41)39-10-4-5-17(39)14-40-27-23(26(34)36-15-37-27)25(38-40)19-9-8-18(11-21(19)31)42-22-7-3-6-20(30)24(22)32/h3,6-9,11-12,15,17H,4-5,10,14,35H2,1-2H3,(H2,34,36,37)/b16-12+/t17-/m1/s1. The summed E-state index contributed by atoms with van der Waals surface area (Å²) in [7, 11) is 0. The van der Waals surface area contributed by atoms with Crippen LogP contribution >= 0.6 is 0 Å². The van der Waals surface area contributed by atoms with E-state index in [1.807, 2.05) is 6.07 Å². The molecule has 2 aromatic heterocycles. The Hall–Kier alpha value is -4.96. The van der Waals surface area contributed by atoms with Crippen LogP contribution in [0.4, 0.5) is 19.0 Å². The first-order valence-electron chi connectivity index (χ1n) is 13.1. The van der Waals surface area contributed by atoms with Gasteiger partial charge in [0.1, 0.15) is 41.0 Å². The van der Waals surface area contributed by atoms with Crippen molar-refractivity contribution in [3.05, 3.63) is 71.8 Å². The largest absolute Gasteiger partial charge is 0.454 e. The molecule has 1 atom stereocenters. The molecule has 0 radical (unpaired) electrons. The van der Waals surface area contributed by atoms with Crippen molar-refractivity contribution in [2.45, 2.75) is 44.8 Å². The molecule has 0 aliphatic carbocycles. The molecule has 13 heteroatoms. The molecule has 0 bridgehead atoms. The number of anilines is 1. The fourth-order valence-corrected chi connectivity index (χ4v) is 4.95. The predicted molar refractivity (Wildman–Crippen MR) is 148 cm³/mol. The van der Waals surface area contributed by atoms with Crippen molar-refractivity contribution in [3.8, 4) is 28.8 Å². The third kappa shape index (κ3) is 5.61. The lowest BCUT2D eigenvalue weighted by atomic mass is 10.0. The number of fused-ring (bicyclic) bond motifs is 1. The van der Waals surface area contributed by atoms with Gasteiger partial charge < -0.3 is 21.1 Å². The maximum absolute atomic E-state index is 15.4. The van der Waals surface area contributed by atoms with Gasteiger partial charge in [-0.3, -0.25) is 4.79 Å². The topological polar surface area (TPSA) is 149 Å². The number of likely N-dealkylation sites (tertiary alicyclic amines) is 1. The molecule has 5 rings (SSSR count). The number of ether oxygens (including phenoxy) is 1. The van der Waals surface area contributed by atoms with Crippen LogP contribution in [0, 0.1) is 28.8 Å². The first kappa shape index (κ1) is 28.6. The molecule has 10 nitrogen and oxygen atoms in total. The molecule has 0 saturated carbocycles. The van der Waals surface area contributed by atoms with Crippen molar-refractivity contribution in [2.24, 2.45) is 5.73 Å². The van der Waals surface area contributed by atoms with Crippen LogP contribution in [0.3, 0.4) is 0 Å². The van der Waals surface area contributed by atoms with Gasteiger partial charge in [-0.25, -0.2) is 23.4 Å². The van der Waals surface area contributed by atoms with E-state index in [1.54, 1.807) is 18.7 Å². The molecule has 3 heterocycles. The summed E-state index contributed by atoms with van der Waals surface area (Å²) in [5.74, 6) is -3.86. The molecule has 1 aliphatic rings. The van der Waals surface area contributed by atoms with E-state index in [1.165, 1.54) is 41.4 Å². The Morgan fingerprint density at radius 1 is 1.21 bits per heavy atom. The Balaban J connectivity index is 1.48. The molecule has 216 valence electrons. The first-order valence-corrected chi connectivity index (χ1v) is 13.1. The third-order valence-corrected chi connectivity index (χ3v) is 6.79. The summed E-state index contributed by atoms with van der Waals surface area (Å²) < 4.78 is 50.0. The van der Waals surface area contributed by atoms with Crippen LogP contribution in [0.5, 0.6) is 11.5 Å². The predicted octanol–water partition coefficient (Wildman–Crippen LogP) is 4.46. The van der Waals surface area contributed by atoms with Crippen LogP contribution in [0.25, 0.3) is 22.3 Å². The highest BCUT2D eigenvalue weighted by Gasteiger charge is 2.33. The van der Waals surface area contributed by atoms with Gasteiger partial charge in [0.05, 0.1) is 18.0 Å². The Morgan fingerprint density at radius 3 is 2.71 bits per heavy atom. The van der Waals surface area contributed by atoms with Gasteiger partial charge in [-0.2, -0.15) is 14.8 Å². The van der Waals surface area contributed by atoms with E-state index < -0.39 is 34.6 Å². The van der Waals surface area contributed by atoms with E-state index in [-0.39, 0.29) is 41.0 Å². The number of amides is 1. The normalized spacial score (nSPS) is 15.7. The number of rotatable bonds is 7. The second-order valence-corrected chi connectivity index (χ2v) is 10.6. The zero-order valence-electron chi connectivity index (χ0n) is 22.8. The monoisotopic (exact) mass is 576 g/mol. The van der Waals surface area contributed by atoms with Crippen molar-refractivity contribution >= 4 is 22.8 Å². The molecular formula is C29H27F3N8O2. The van der Waals surface area contributed by atoms with E-state index in [2.05, 4.69) is 15.1 Å². The van der Waals surface area contributed by atoms with Crippen molar-refractivity contribution in [1.29, 1.82) is 5.26 Å². The van der Waals surface area contributed by atoms with E-state index in [0.29, 0.717) is 30.4 Å². The molecule has 1 fully saturated rings. The van der Waals surface area contributed by atoms with Crippen molar-refractivity contribution in [2.75, 3.05) is 12.3 Å². The number of aromatic nitrogens is 4. The van der Waals surface area contributed by atoms with Crippen LogP contribution in [-0.4, -0.2) is 48.7 Å². The van der Waals surface area contributed by atoms with Crippen LogP contribution in [-0.2, 0) is 11.3 Å². The van der Waals surface area contributed by atoms with Gasteiger partial charge in [0.15, 0.2) is 17.2 Å². The molecule has 0 spiro atoms. The van der Waals surface area contributed by atoms with Crippen molar-refractivity contribution < 1.29 is 22.7 Å². The molecule has 1 aliphatic heterocycles. The molecule has 1 amide bonds. The fourth-order valence-electron chi connectivity index (χ4n) is 4.95. The minimum atomic E-state index is -1.19. The lowest BCUT2D eigenvalue weighted by Crippen LogP contribution is -2.40. The minimum Gasteiger partial charge on any atom is -0.454 e. The maximum Gasteiger partial charge on any atom is 0.264 e. The van der Waals surface area contributed by atoms with Gasteiger partial charge >= 0.3 is 0 Å². The van der Waals surface area contributed by atoms with Gasteiger partial charge in [0, 0.05) is 23.7 Å². The van der Waals surface area contributed by atoms with Crippen LogP contribution in [0.15, 0.2) is 54.4 Å². The third-order valence-electron chi connectivity index (χ3n) is 6.79. The lowest BCUT2D eigenvalue weighted by molar-refractivity contribution is -0.127. The van der Waals surface area contributed by atoms with Gasteiger partial charge in [-0.15, -0.1) is 0 Å². The summed E-state index contributed by atoms with van der Waals surface area (Å²) in [6, 6.07) is 8.86. The van der Waals surface area contributed by atoms with E-state index in [9.17, 15) is 18.8 Å². The van der Waals surface area contributed by atoms with E-state index >= 15 is 4.39 Å². The molecular weight excluding hydrogens is 549 g/mol. The smallest absolute Gasteiger partial charge is 0.264 e. The minimum absolute atomic E-state index is 0.0468. The Kier molecular flexibility index (Phi) is 7.57. The molecule has 4 N–H and O–H groups in total. The molecule has 4 aromatic rings. The zero-order valence-corrected chi connectivity index (χ0v) is 22.8. The van der Waals surface area contributed by atoms with Gasteiger partial charge in [0.2, 0.25) is 5.82 Å². The highest BCUT2D eigenvalue weighted by atomic mass is 19.2. The summed E-state index contributed by atoms with van der Waals surface area (Å²) in [6.45, 7) is 4.03. The molecule has 1 saturated heterocycles. The summed E-state index contributed by atoms with van der Waals surface area (Å²) in [4.78, 5) is 23.2.